The van der Waals surface area contributed by atoms with E-state index in [1.807, 2.05) is 18.2 Å². The predicted molar refractivity (Wildman–Crippen MR) is 99.1 cm³/mol. The van der Waals surface area contributed by atoms with Crippen LogP contribution in [0.2, 0.25) is 5.02 Å². The molecular weight excluding hydrogens is 356 g/mol. The SMILES string of the molecule is CC[NH2+]CC.O=C([O-])C1C=C(NCCc2cccc(Cl)c2)C=CC1(O)O. The van der Waals surface area contributed by atoms with Crippen molar-refractivity contribution in [2.24, 2.45) is 5.92 Å². The molecule has 144 valence electrons. The molecule has 0 bridgehead atoms. The summed E-state index contributed by atoms with van der Waals surface area (Å²) in [4.78, 5) is 10.9. The molecule has 1 atom stereocenters. The van der Waals surface area contributed by atoms with Gasteiger partial charge in [0.2, 0.25) is 0 Å². The number of carboxylic acid groups (broad SMARTS) is 1. The molecular formula is C19H27ClN2O4. The summed E-state index contributed by atoms with van der Waals surface area (Å²) in [6.45, 7) is 7.31. The molecule has 0 aromatic heterocycles. The summed E-state index contributed by atoms with van der Waals surface area (Å²) in [5.41, 5.74) is 1.55. The maximum atomic E-state index is 10.9. The Kier molecular flexibility index (Phi) is 9.37. The van der Waals surface area contributed by atoms with Crippen molar-refractivity contribution < 1.29 is 25.4 Å². The van der Waals surface area contributed by atoms with Crippen molar-refractivity contribution in [1.82, 2.24) is 5.32 Å². The third-order valence-electron chi connectivity index (χ3n) is 3.78. The van der Waals surface area contributed by atoms with E-state index in [0.717, 1.165) is 11.6 Å². The van der Waals surface area contributed by atoms with E-state index in [9.17, 15) is 20.1 Å². The largest absolute Gasteiger partial charge is 0.549 e. The van der Waals surface area contributed by atoms with Crippen LogP contribution in [0.5, 0.6) is 0 Å². The maximum Gasteiger partial charge on any atom is 0.194 e. The molecule has 2 rings (SSSR count). The van der Waals surface area contributed by atoms with Gasteiger partial charge in [0.1, 0.15) is 0 Å². The molecule has 0 aliphatic heterocycles. The van der Waals surface area contributed by atoms with E-state index in [1.54, 1.807) is 6.07 Å². The van der Waals surface area contributed by atoms with Crippen molar-refractivity contribution in [2.75, 3.05) is 19.6 Å². The maximum absolute atomic E-state index is 10.9. The van der Waals surface area contributed by atoms with Crippen LogP contribution >= 0.6 is 11.6 Å². The molecule has 0 heterocycles. The van der Waals surface area contributed by atoms with Crippen molar-refractivity contribution >= 4 is 17.6 Å². The second kappa shape index (κ2) is 11.0. The Morgan fingerprint density at radius 1 is 1.35 bits per heavy atom. The number of halogens is 1. The highest BCUT2D eigenvalue weighted by Gasteiger charge is 2.34. The molecule has 0 amide bonds. The van der Waals surface area contributed by atoms with Gasteiger partial charge in [0.25, 0.3) is 0 Å². The third-order valence-corrected chi connectivity index (χ3v) is 4.01. The summed E-state index contributed by atoms with van der Waals surface area (Å²) in [6, 6.07) is 7.44. The van der Waals surface area contributed by atoms with Crippen LogP contribution in [0, 0.1) is 5.92 Å². The highest BCUT2D eigenvalue weighted by Crippen LogP contribution is 2.23. The van der Waals surface area contributed by atoms with E-state index in [4.69, 9.17) is 11.6 Å². The van der Waals surface area contributed by atoms with Crippen LogP contribution in [0.25, 0.3) is 0 Å². The van der Waals surface area contributed by atoms with Crippen LogP contribution in [0.1, 0.15) is 19.4 Å². The first-order chi connectivity index (χ1) is 12.3. The molecule has 1 aromatic rings. The van der Waals surface area contributed by atoms with Gasteiger partial charge in [-0.25, -0.2) is 0 Å². The number of hydrogen-bond acceptors (Lipinski definition) is 5. The molecule has 7 heteroatoms. The lowest BCUT2D eigenvalue weighted by molar-refractivity contribution is -0.648. The zero-order valence-corrected chi connectivity index (χ0v) is 15.9. The van der Waals surface area contributed by atoms with E-state index in [0.29, 0.717) is 23.7 Å². The normalized spacial score (nSPS) is 17.7. The first-order valence-corrected chi connectivity index (χ1v) is 9.04. The lowest BCUT2D eigenvalue weighted by atomic mass is 9.92. The van der Waals surface area contributed by atoms with Crippen molar-refractivity contribution in [2.45, 2.75) is 26.1 Å². The standard InChI is InChI=1S/C15H16ClNO4.C4H11N/c16-11-3-1-2-10(8-11)5-7-17-12-4-6-15(20,21)13(9-12)14(18)19;1-3-5-4-2/h1-4,6,8-9,13,17,20-21H,5,7H2,(H,18,19);5H,3-4H2,1-2H3. The molecule has 5 N–H and O–H groups in total. The number of carbonyl (C=O) groups excluding carboxylic acids is 1. The molecule has 0 saturated carbocycles. The van der Waals surface area contributed by atoms with Crippen LogP contribution in [0.4, 0.5) is 0 Å². The summed E-state index contributed by atoms with van der Waals surface area (Å²) in [5, 5.41) is 35.9. The molecule has 0 fully saturated rings. The zero-order chi connectivity index (χ0) is 19.6. The summed E-state index contributed by atoms with van der Waals surface area (Å²) >= 11 is 5.89. The molecule has 1 aliphatic rings. The number of aliphatic hydroxyl groups is 2. The summed E-state index contributed by atoms with van der Waals surface area (Å²) < 4.78 is 0. The van der Waals surface area contributed by atoms with Gasteiger partial charge in [-0.3, -0.25) is 0 Å². The molecule has 0 radical (unpaired) electrons. The lowest BCUT2D eigenvalue weighted by Gasteiger charge is -2.30. The molecule has 0 spiro atoms. The van der Waals surface area contributed by atoms with Gasteiger partial charge in [-0.15, -0.1) is 0 Å². The Labute approximate surface area is 159 Å². The molecule has 1 aromatic carbocycles. The van der Waals surface area contributed by atoms with Gasteiger partial charge in [-0.2, -0.15) is 0 Å². The Morgan fingerprint density at radius 2 is 2.04 bits per heavy atom. The van der Waals surface area contributed by atoms with Gasteiger partial charge >= 0.3 is 0 Å². The number of carbonyl (C=O) groups is 1. The number of hydrogen-bond donors (Lipinski definition) is 4. The fourth-order valence-electron chi connectivity index (χ4n) is 2.37. The van der Waals surface area contributed by atoms with Gasteiger partial charge < -0.3 is 30.7 Å². The third kappa shape index (κ3) is 7.58. The number of rotatable bonds is 7. The van der Waals surface area contributed by atoms with Crippen molar-refractivity contribution in [1.29, 1.82) is 0 Å². The van der Waals surface area contributed by atoms with E-state index in [1.165, 1.54) is 25.2 Å². The second-order valence-corrected chi connectivity index (χ2v) is 6.38. The zero-order valence-electron chi connectivity index (χ0n) is 15.1. The average molecular weight is 383 g/mol. The number of nitrogens with two attached hydrogens (primary N) is 1. The van der Waals surface area contributed by atoms with Crippen LogP contribution in [-0.2, 0) is 11.2 Å². The van der Waals surface area contributed by atoms with Crippen molar-refractivity contribution in [3.63, 3.8) is 0 Å². The van der Waals surface area contributed by atoms with E-state index in [2.05, 4.69) is 24.5 Å². The summed E-state index contributed by atoms with van der Waals surface area (Å²) in [6.07, 6.45) is 4.38. The first-order valence-electron chi connectivity index (χ1n) is 8.66. The Balaban J connectivity index is 0.000000597. The van der Waals surface area contributed by atoms with Gasteiger partial charge in [-0.05, 0) is 56.2 Å². The number of benzene rings is 1. The number of nitrogens with one attached hydrogen (secondary N) is 1. The van der Waals surface area contributed by atoms with Crippen molar-refractivity contribution in [3.8, 4) is 0 Å². The lowest BCUT2D eigenvalue weighted by Crippen LogP contribution is -2.82. The van der Waals surface area contributed by atoms with E-state index in [-0.39, 0.29) is 0 Å². The molecule has 6 nitrogen and oxygen atoms in total. The minimum Gasteiger partial charge on any atom is -0.549 e. The molecule has 1 aliphatic carbocycles. The topological polar surface area (TPSA) is 109 Å². The Bertz CT molecular complexity index is 642. The Hall–Kier alpha value is -1.86. The number of quaternary nitrogens is 1. The quantitative estimate of drug-likeness (QED) is 0.478. The monoisotopic (exact) mass is 382 g/mol. The number of aliphatic carboxylic acids is 1. The van der Waals surface area contributed by atoms with E-state index >= 15 is 0 Å². The highest BCUT2D eigenvalue weighted by molar-refractivity contribution is 6.30. The summed E-state index contributed by atoms with van der Waals surface area (Å²) in [7, 11) is 0. The van der Waals surface area contributed by atoms with Crippen molar-refractivity contribution in [3.05, 3.63) is 58.8 Å². The van der Waals surface area contributed by atoms with Gasteiger partial charge in [0.15, 0.2) is 5.79 Å². The van der Waals surface area contributed by atoms with Gasteiger partial charge in [-0.1, -0.05) is 23.7 Å². The first kappa shape index (κ1) is 22.2. The fourth-order valence-corrected chi connectivity index (χ4v) is 2.58. The molecule has 1 unspecified atom stereocenters. The van der Waals surface area contributed by atoms with Gasteiger partial charge in [0, 0.05) is 17.3 Å². The number of allylic oxidation sites excluding steroid dienone is 1. The second-order valence-electron chi connectivity index (χ2n) is 5.95. The Morgan fingerprint density at radius 3 is 2.58 bits per heavy atom. The fraction of sp³-hybridized carbons (Fsp3) is 0.421. The van der Waals surface area contributed by atoms with Crippen LogP contribution in [0.3, 0.4) is 0 Å². The smallest absolute Gasteiger partial charge is 0.194 e. The van der Waals surface area contributed by atoms with Crippen LogP contribution < -0.4 is 15.7 Å². The minimum atomic E-state index is -2.42. The van der Waals surface area contributed by atoms with Crippen LogP contribution in [0.15, 0.2) is 48.2 Å². The van der Waals surface area contributed by atoms with E-state index < -0.39 is 17.7 Å². The molecule has 0 saturated heterocycles. The molecule has 26 heavy (non-hydrogen) atoms. The number of carboxylic acids is 1. The predicted octanol–water partition coefficient (Wildman–Crippen LogP) is -0.438. The summed E-state index contributed by atoms with van der Waals surface area (Å²) in [5.74, 6) is -5.47. The van der Waals surface area contributed by atoms with Crippen LogP contribution in [-0.4, -0.2) is 41.6 Å². The average Bonchev–Trinajstić information content (AvgIpc) is 2.57. The van der Waals surface area contributed by atoms with Gasteiger partial charge in [0.05, 0.1) is 25.0 Å². The minimum absolute atomic E-state index is 0.505. The highest BCUT2D eigenvalue weighted by atomic mass is 35.5.